The number of anilines is 1. The molecule has 1 aliphatic heterocycles. The molecule has 9 nitrogen and oxygen atoms in total. The van der Waals surface area contributed by atoms with E-state index < -0.39 is 12.0 Å². The third kappa shape index (κ3) is 2.41. The second-order valence-corrected chi connectivity index (χ2v) is 4.76. The lowest BCUT2D eigenvalue weighted by molar-refractivity contribution is -0.132. The van der Waals surface area contributed by atoms with Gasteiger partial charge in [0.15, 0.2) is 11.5 Å². The van der Waals surface area contributed by atoms with E-state index >= 15 is 0 Å². The summed E-state index contributed by atoms with van der Waals surface area (Å²) in [6, 6.07) is 2.65. The van der Waals surface area contributed by atoms with Crippen LogP contribution in [0.5, 0.6) is 17.2 Å². The second kappa shape index (κ2) is 5.52. The number of carbonyl (C=O) groups is 1. The molecule has 0 radical (unpaired) electrons. The minimum atomic E-state index is -1.11. The van der Waals surface area contributed by atoms with Crippen LogP contribution >= 0.6 is 0 Å². The van der Waals surface area contributed by atoms with E-state index in [9.17, 15) is 15.0 Å². The molecular weight excluding hydrogens is 304 g/mol. The number of allylic oxidation sites excluding steroid dienone is 1. The van der Waals surface area contributed by atoms with Crippen molar-refractivity contribution in [3.63, 3.8) is 0 Å². The first-order chi connectivity index (χ1) is 11.0. The van der Waals surface area contributed by atoms with Gasteiger partial charge in [-0.1, -0.05) is 0 Å². The third-order valence-corrected chi connectivity index (χ3v) is 3.48. The summed E-state index contributed by atoms with van der Waals surface area (Å²) in [4.78, 5) is 15.3. The molecule has 120 valence electrons. The molecule has 0 bridgehead atoms. The lowest BCUT2D eigenvalue weighted by Crippen LogP contribution is -2.24. The number of aromatic nitrogens is 3. The quantitative estimate of drug-likeness (QED) is 0.763. The predicted octanol–water partition coefficient (Wildman–Crippen LogP) is 0.984. The summed E-state index contributed by atoms with van der Waals surface area (Å²) in [7, 11) is 2.83. The van der Waals surface area contributed by atoms with Gasteiger partial charge in [0.2, 0.25) is 11.7 Å². The monoisotopic (exact) mass is 318 g/mol. The zero-order valence-electron chi connectivity index (χ0n) is 12.3. The Balaban J connectivity index is 2.16. The van der Waals surface area contributed by atoms with Crippen LogP contribution in [0.4, 0.5) is 5.95 Å². The van der Waals surface area contributed by atoms with Crippen LogP contribution in [0, 0.1) is 0 Å². The van der Waals surface area contributed by atoms with Crippen LogP contribution in [0.25, 0.3) is 0 Å². The number of hydrogen-bond acceptors (Lipinski definition) is 7. The van der Waals surface area contributed by atoms with E-state index in [1.807, 2.05) is 0 Å². The number of phenols is 1. The topological polar surface area (TPSA) is 119 Å². The standard InChI is InChI=1S/C14H14N4O5/c1-22-10-3-7(4-11(23-2)12(10)19)9-5-8(13(20)21)17-14-15-6-16-18(9)14/h3-6,9,19H,1-2H3,(H,20,21)(H,15,16,17)/t9-/m0/s1. The number of methoxy groups -OCH3 is 2. The number of nitrogens with one attached hydrogen (secondary N) is 1. The molecule has 2 heterocycles. The number of phenolic OH excluding ortho intramolecular Hbond substituents is 1. The van der Waals surface area contributed by atoms with Crippen LogP contribution in [0.15, 0.2) is 30.2 Å². The Morgan fingerprint density at radius 1 is 1.30 bits per heavy atom. The summed E-state index contributed by atoms with van der Waals surface area (Å²) in [6.07, 6.45) is 2.82. The Bertz CT molecular complexity index is 773. The van der Waals surface area contributed by atoms with Gasteiger partial charge in [0.25, 0.3) is 0 Å². The number of aliphatic carboxylic acids is 1. The predicted molar refractivity (Wildman–Crippen MR) is 78.7 cm³/mol. The van der Waals surface area contributed by atoms with Crippen LogP contribution in [0.3, 0.4) is 0 Å². The first-order valence-electron chi connectivity index (χ1n) is 6.61. The van der Waals surface area contributed by atoms with Crippen LogP contribution < -0.4 is 14.8 Å². The fourth-order valence-electron chi connectivity index (χ4n) is 2.38. The number of rotatable bonds is 4. The van der Waals surface area contributed by atoms with Crippen molar-refractivity contribution in [3.05, 3.63) is 35.8 Å². The van der Waals surface area contributed by atoms with Crippen molar-refractivity contribution in [2.45, 2.75) is 6.04 Å². The highest BCUT2D eigenvalue weighted by Crippen LogP contribution is 2.40. The molecule has 0 amide bonds. The molecule has 0 fully saturated rings. The van der Waals surface area contributed by atoms with Crippen molar-refractivity contribution in [2.24, 2.45) is 0 Å². The Hall–Kier alpha value is -3.23. The smallest absolute Gasteiger partial charge is 0.352 e. The van der Waals surface area contributed by atoms with E-state index in [-0.39, 0.29) is 22.9 Å². The van der Waals surface area contributed by atoms with Gasteiger partial charge < -0.3 is 25.0 Å². The maximum absolute atomic E-state index is 11.3. The number of fused-ring (bicyclic) bond motifs is 1. The van der Waals surface area contributed by atoms with Crippen molar-refractivity contribution < 1.29 is 24.5 Å². The van der Waals surface area contributed by atoms with Gasteiger partial charge in [-0.15, -0.1) is 0 Å². The molecular formula is C14H14N4O5. The molecule has 1 atom stereocenters. The summed E-state index contributed by atoms with van der Waals surface area (Å²) in [6.45, 7) is 0. The maximum atomic E-state index is 11.3. The highest BCUT2D eigenvalue weighted by molar-refractivity contribution is 5.90. The summed E-state index contributed by atoms with van der Waals surface area (Å²) in [5, 5.41) is 26.0. The molecule has 0 aliphatic carbocycles. The zero-order chi connectivity index (χ0) is 16.6. The van der Waals surface area contributed by atoms with E-state index in [1.54, 1.807) is 12.1 Å². The molecule has 1 aromatic carbocycles. The van der Waals surface area contributed by atoms with Crippen LogP contribution in [-0.4, -0.2) is 45.2 Å². The van der Waals surface area contributed by atoms with Gasteiger partial charge in [-0.2, -0.15) is 10.1 Å². The number of aromatic hydroxyl groups is 1. The van der Waals surface area contributed by atoms with Gasteiger partial charge >= 0.3 is 5.97 Å². The van der Waals surface area contributed by atoms with E-state index in [4.69, 9.17) is 9.47 Å². The molecule has 2 aromatic rings. The van der Waals surface area contributed by atoms with Crippen LogP contribution in [0.1, 0.15) is 11.6 Å². The van der Waals surface area contributed by atoms with Crippen molar-refractivity contribution >= 4 is 11.9 Å². The van der Waals surface area contributed by atoms with E-state index in [1.165, 1.54) is 31.3 Å². The fraction of sp³-hybridized carbons (Fsp3) is 0.214. The normalized spacial score (nSPS) is 16.1. The number of nitrogens with zero attached hydrogens (tertiary/aromatic N) is 3. The van der Waals surface area contributed by atoms with Gasteiger partial charge in [-0.05, 0) is 23.8 Å². The molecule has 1 aromatic heterocycles. The highest BCUT2D eigenvalue weighted by Gasteiger charge is 2.27. The minimum absolute atomic E-state index is 0.0125. The van der Waals surface area contributed by atoms with E-state index in [2.05, 4.69) is 15.4 Å². The lowest BCUT2D eigenvalue weighted by Gasteiger charge is -2.23. The van der Waals surface area contributed by atoms with Crippen molar-refractivity contribution in [3.8, 4) is 17.2 Å². The number of carboxylic acid groups (broad SMARTS) is 1. The molecule has 0 unspecified atom stereocenters. The molecule has 9 heteroatoms. The fourth-order valence-corrected chi connectivity index (χ4v) is 2.38. The number of ether oxygens (including phenoxy) is 2. The second-order valence-electron chi connectivity index (χ2n) is 4.76. The van der Waals surface area contributed by atoms with Crippen molar-refractivity contribution in [1.82, 2.24) is 14.8 Å². The Morgan fingerprint density at radius 2 is 1.96 bits per heavy atom. The largest absolute Gasteiger partial charge is 0.502 e. The van der Waals surface area contributed by atoms with Gasteiger partial charge in [0.05, 0.1) is 14.2 Å². The number of hydrogen-bond donors (Lipinski definition) is 3. The molecule has 1 aliphatic rings. The summed E-state index contributed by atoms with van der Waals surface area (Å²) in [5.74, 6) is -0.508. The summed E-state index contributed by atoms with van der Waals surface area (Å²) < 4.78 is 11.8. The van der Waals surface area contributed by atoms with Gasteiger partial charge in [-0.3, -0.25) is 0 Å². The van der Waals surface area contributed by atoms with Gasteiger partial charge in [0, 0.05) is 0 Å². The van der Waals surface area contributed by atoms with Gasteiger partial charge in [0.1, 0.15) is 18.1 Å². The zero-order valence-corrected chi connectivity index (χ0v) is 12.3. The van der Waals surface area contributed by atoms with Crippen molar-refractivity contribution in [1.29, 1.82) is 0 Å². The Kier molecular flexibility index (Phi) is 3.53. The molecule has 3 rings (SSSR count). The minimum Gasteiger partial charge on any atom is -0.502 e. The number of carboxylic acids is 1. The molecule has 0 saturated heterocycles. The van der Waals surface area contributed by atoms with E-state index in [0.29, 0.717) is 11.5 Å². The molecule has 23 heavy (non-hydrogen) atoms. The van der Waals surface area contributed by atoms with Crippen LogP contribution in [-0.2, 0) is 4.79 Å². The first-order valence-corrected chi connectivity index (χ1v) is 6.61. The number of benzene rings is 1. The average Bonchev–Trinajstić information content (AvgIpc) is 3.02. The summed E-state index contributed by atoms with van der Waals surface area (Å²) >= 11 is 0. The average molecular weight is 318 g/mol. The first kappa shape index (κ1) is 14.7. The molecule has 3 N–H and O–H groups in total. The van der Waals surface area contributed by atoms with Crippen molar-refractivity contribution in [2.75, 3.05) is 19.5 Å². The third-order valence-electron chi connectivity index (χ3n) is 3.48. The SMILES string of the molecule is COc1cc([C@@H]2C=C(C(=O)O)Nc3ncnn32)cc(OC)c1O. The lowest BCUT2D eigenvalue weighted by atomic mass is 10.0. The summed E-state index contributed by atoms with van der Waals surface area (Å²) in [5.41, 5.74) is 0.616. The van der Waals surface area contributed by atoms with E-state index in [0.717, 1.165) is 0 Å². The highest BCUT2D eigenvalue weighted by atomic mass is 16.5. The Labute approximate surface area is 130 Å². The van der Waals surface area contributed by atoms with Gasteiger partial charge in [-0.25, -0.2) is 9.48 Å². The molecule has 0 saturated carbocycles. The van der Waals surface area contributed by atoms with Crippen LogP contribution in [0.2, 0.25) is 0 Å². The molecule has 0 spiro atoms. The maximum Gasteiger partial charge on any atom is 0.352 e. The Morgan fingerprint density at radius 3 is 2.52 bits per heavy atom.